The highest BCUT2D eigenvalue weighted by molar-refractivity contribution is 6.30. The van der Waals surface area contributed by atoms with Crippen molar-refractivity contribution in [3.63, 3.8) is 0 Å². The highest BCUT2D eigenvalue weighted by Crippen LogP contribution is 2.28. The molecule has 9 heteroatoms. The summed E-state index contributed by atoms with van der Waals surface area (Å²) in [5, 5.41) is 7.08. The minimum atomic E-state index is -0.397. The van der Waals surface area contributed by atoms with Crippen LogP contribution in [-0.4, -0.2) is 36.4 Å². The SMILES string of the molecule is NCCCNC(=O)c1cc2cc(N3CC/C(=C/NCc4cc(F)cc(Cl)c4)C3=O)ccc2[nH]1. The summed E-state index contributed by atoms with van der Waals surface area (Å²) in [5.74, 6) is -0.671. The molecular weight excluding hydrogens is 445 g/mol. The van der Waals surface area contributed by atoms with Crippen LogP contribution in [0.25, 0.3) is 10.9 Å². The number of H-pyrrole nitrogens is 1. The fourth-order valence-electron chi connectivity index (χ4n) is 3.81. The number of aromatic amines is 1. The summed E-state index contributed by atoms with van der Waals surface area (Å²) in [6, 6.07) is 11.7. The molecule has 2 heterocycles. The third kappa shape index (κ3) is 5.35. The third-order valence-electron chi connectivity index (χ3n) is 5.46. The lowest BCUT2D eigenvalue weighted by Gasteiger charge is -2.15. The van der Waals surface area contributed by atoms with E-state index in [9.17, 15) is 14.0 Å². The Morgan fingerprint density at radius 2 is 2.09 bits per heavy atom. The summed E-state index contributed by atoms with van der Waals surface area (Å²) < 4.78 is 13.5. The van der Waals surface area contributed by atoms with E-state index in [4.69, 9.17) is 17.3 Å². The minimum absolute atomic E-state index is 0.0885. The summed E-state index contributed by atoms with van der Waals surface area (Å²) in [6.07, 6.45) is 2.99. The van der Waals surface area contributed by atoms with Gasteiger partial charge < -0.3 is 26.3 Å². The monoisotopic (exact) mass is 469 g/mol. The number of anilines is 1. The molecule has 2 amide bonds. The van der Waals surface area contributed by atoms with Gasteiger partial charge in [-0.25, -0.2) is 4.39 Å². The molecule has 1 aliphatic rings. The summed E-state index contributed by atoms with van der Waals surface area (Å²) in [5.41, 5.74) is 8.85. The van der Waals surface area contributed by atoms with E-state index < -0.39 is 5.82 Å². The van der Waals surface area contributed by atoms with Gasteiger partial charge in [-0.15, -0.1) is 0 Å². The number of amides is 2. The molecule has 1 fully saturated rings. The Kier molecular flexibility index (Phi) is 6.96. The number of hydrogen-bond acceptors (Lipinski definition) is 4. The number of nitrogens with zero attached hydrogens (tertiary/aromatic N) is 1. The van der Waals surface area contributed by atoms with Crippen LogP contribution in [0.4, 0.5) is 10.1 Å². The molecule has 0 radical (unpaired) electrons. The van der Waals surface area contributed by atoms with Gasteiger partial charge in [0.25, 0.3) is 11.8 Å². The van der Waals surface area contributed by atoms with Gasteiger partial charge >= 0.3 is 0 Å². The molecule has 2 aromatic carbocycles. The normalized spacial score (nSPS) is 14.9. The zero-order valence-corrected chi connectivity index (χ0v) is 18.7. The first-order valence-corrected chi connectivity index (χ1v) is 11.1. The van der Waals surface area contributed by atoms with Crippen LogP contribution in [0.1, 0.15) is 28.9 Å². The topological polar surface area (TPSA) is 103 Å². The van der Waals surface area contributed by atoms with E-state index in [1.54, 1.807) is 23.2 Å². The molecule has 0 aliphatic carbocycles. The Bertz CT molecular complexity index is 1200. The predicted octanol–water partition coefficient (Wildman–Crippen LogP) is 3.45. The average Bonchev–Trinajstić information content (AvgIpc) is 3.36. The highest BCUT2D eigenvalue weighted by Gasteiger charge is 2.27. The molecule has 4 rings (SSSR count). The Morgan fingerprint density at radius 3 is 2.88 bits per heavy atom. The maximum atomic E-state index is 13.5. The fraction of sp³-hybridized carbons (Fsp3) is 0.250. The van der Waals surface area contributed by atoms with Crippen LogP contribution < -0.4 is 21.3 Å². The minimum Gasteiger partial charge on any atom is -0.386 e. The fourth-order valence-corrected chi connectivity index (χ4v) is 4.05. The van der Waals surface area contributed by atoms with E-state index in [-0.39, 0.29) is 11.8 Å². The number of halogens is 2. The molecular formula is C24H25ClFN5O2. The third-order valence-corrected chi connectivity index (χ3v) is 5.67. The van der Waals surface area contributed by atoms with Crippen molar-refractivity contribution in [3.8, 4) is 0 Å². The van der Waals surface area contributed by atoms with Crippen molar-refractivity contribution < 1.29 is 14.0 Å². The summed E-state index contributed by atoms with van der Waals surface area (Å²) in [6.45, 7) is 1.96. The predicted molar refractivity (Wildman–Crippen MR) is 128 cm³/mol. The lowest BCUT2D eigenvalue weighted by molar-refractivity contribution is -0.114. The second-order valence-electron chi connectivity index (χ2n) is 7.89. The Hall–Kier alpha value is -3.36. The van der Waals surface area contributed by atoms with E-state index in [0.717, 1.165) is 16.6 Å². The molecule has 3 aromatic rings. The largest absolute Gasteiger partial charge is 0.386 e. The summed E-state index contributed by atoms with van der Waals surface area (Å²) >= 11 is 5.88. The van der Waals surface area contributed by atoms with Crippen molar-refractivity contribution in [2.75, 3.05) is 24.5 Å². The molecule has 1 aromatic heterocycles. The number of hydrogen-bond donors (Lipinski definition) is 4. The second kappa shape index (κ2) is 10.1. The zero-order valence-electron chi connectivity index (χ0n) is 18.0. The lowest BCUT2D eigenvalue weighted by Crippen LogP contribution is -2.26. The lowest BCUT2D eigenvalue weighted by atomic mass is 10.2. The molecule has 0 spiro atoms. The number of nitrogens with two attached hydrogens (primary N) is 1. The van der Waals surface area contributed by atoms with E-state index >= 15 is 0 Å². The number of nitrogens with one attached hydrogen (secondary N) is 3. The number of fused-ring (bicyclic) bond motifs is 1. The Morgan fingerprint density at radius 1 is 1.24 bits per heavy atom. The first kappa shape index (κ1) is 22.8. The van der Waals surface area contributed by atoms with Crippen LogP contribution >= 0.6 is 11.6 Å². The average molecular weight is 470 g/mol. The van der Waals surface area contributed by atoms with Gasteiger partial charge in [0, 0.05) is 53.0 Å². The van der Waals surface area contributed by atoms with Gasteiger partial charge in [0.1, 0.15) is 11.5 Å². The van der Waals surface area contributed by atoms with Crippen molar-refractivity contribution in [3.05, 3.63) is 76.3 Å². The molecule has 0 saturated carbocycles. The van der Waals surface area contributed by atoms with Crippen LogP contribution in [0, 0.1) is 5.82 Å². The van der Waals surface area contributed by atoms with E-state index in [0.29, 0.717) is 60.9 Å². The van der Waals surface area contributed by atoms with E-state index in [2.05, 4.69) is 15.6 Å². The van der Waals surface area contributed by atoms with Crippen molar-refractivity contribution in [2.45, 2.75) is 19.4 Å². The van der Waals surface area contributed by atoms with E-state index in [1.165, 1.54) is 12.1 Å². The quantitative estimate of drug-likeness (QED) is 0.299. The first-order chi connectivity index (χ1) is 15.9. The van der Waals surface area contributed by atoms with Crippen LogP contribution in [0.15, 0.2) is 54.2 Å². The Balaban J connectivity index is 1.42. The number of carbonyl (C=O) groups is 2. The van der Waals surface area contributed by atoms with Gasteiger partial charge in [0.15, 0.2) is 0 Å². The molecule has 0 unspecified atom stereocenters. The van der Waals surface area contributed by atoms with Crippen molar-refractivity contribution in [1.82, 2.24) is 15.6 Å². The standard InChI is InChI=1S/C24H25ClFN5O2/c25-18-8-15(9-19(26)12-18)13-28-14-16-4-7-31(24(16)33)20-2-3-21-17(10-20)11-22(30-21)23(32)29-6-1-5-27/h2-3,8-12,14,28,30H,1,4-7,13,27H2,(H,29,32)/b16-14-. The maximum Gasteiger partial charge on any atom is 0.267 e. The van der Waals surface area contributed by atoms with E-state index in [1.807, 2.05) is 18.2 Å². The molecule has 0 bridgehead atoms. The van der Waals surface area contributed by atoms with Crippen LogP contribution in [0.5, 0.6) is 0 Å². The molecule has 5 N–H and O–H groups in total. The molecule has 1 aliphatic heterocycles. The second-order valence-corrected chi connectivity index (χ2v) is 8.32. The zero-order chi connectivity index (χ0) is 23.4. The molecule has 0 atom stereocenters. The molecule has 33 heavy (non-hydrogen) atoms. The van der Waals surface area contributed by atoms with Crippen LogP contribution in [0.3, 0.4) is 0 Å². The van der Waals surface area contributed by atoms with Crippen molar-refractivity contribution in [2.24, 2.45) is 5.73 Å². The number of rotatable bonds is 8. The number of carbonyl (C=O) groups excluding carboxylic acids is 2. The van der Waals surface area contributed by atoms with Gasteiger partial charge in [-0.2, -0.15) is 0 Å². The molecule has 172 valence electrons. The van der Waals surface area contributed by atoms with Gasteiger partial charge in [-0.1, -0.05) is 11.6 Å². The summed E-state index contributed by atoms with van der Waals surface area (Å²) in [7, 11) is 0. The van der Waals surface area contributed by atoms with Crippen molar-refractivity contribution in [1.29, 1.82) is 0 Å². The molecule has 1 saturated heterocycles. The van der Waals surface area contributed by atoms with Crippen LogP contribution in [0.2, 0.25) is 5.02 Å². The number of aromatic nitrogens is 1. The number of benzene rings is 2. The highest BCUT2D eigenvalue weighted by atomic mass is 35.5. The smallest absolute Gasteiger partial charge is 0.267 e. The maximum absolute atomic E-state index is 13.5. The molecule has 7 nitrogen and oxygen atoms in total. The van der Waals surface area contributed by atoms with Gasteiger partial charge in [0.2, 0.25) is 0 Å². The van der Waals surface area contributed by atoms with Gasteiger partial charge in [-0.05, 0) is 67.4 Å². The first-order valence-electron chi connectivity index (χ1n) is 10.7. The Labute approximate surface area is 195 Å². The van der Waals surface area contributed by atoms with Gasteiger partial charge in [-0.3, -0.25) is 9.59 Å². The van der Waals surface area contributed by atoms with Gasteiger partial charge in [0.05, 0.1) is 0 Å². The summed E-state index contributed by atoms with van der Waals surface area (Å²) in [4.78, 5) is 30.0. The van der Waals surface area contributed by atoms with Crippen LogP contribution in [-0.2, 0) is 11.3 Å². The van der Waals surface area contributed by atoms with Crippen molar-refractivity contribution >= 4 is 40.0 Å².